The third-order valence-corrected chi connectivity index (χ3v) is 5.58. The van der Waals surface area contributed by atoms with Crippen molar-refractivity contribution in [3.05, 3.63) is 112 Å². The highest BCUT2D eigenvalue weighted by molar-refractivity contribution is 5.76. The van der Waals surface area contributed by atoms with Gasteiger partial charge in [0.15, 0.2) is 5.82 Å². The molecule has 1 heterocycles. The van der Waals surface area contributed by atoms with Crippen LogP contribution in [0.3, 0.4) is 0 Å². The van der Waals surface area contributed by atoms with Gasteiger partial charge in [-0.1, -0.05) is 42.5 Å². The smallest absolute Gasteiger partial charge is 0.273 e. The zero-order valence-corrected chi connectivity index (χ0v) is 19.7. The van der Waals surface area contributed by atoms with Gasteiger partial charge in [-0.05, 0) is 60.4 Å². The number of halogens is 1. The predicted molar refractivity (Wildman–Crippen MR) is 135 cm³/mol. The van der Waals surface area contributed by atoms with Crippen LogP contribution in [0.2, 0.25) is 0 Å². The maximum Gasteiger partial charge on any atom is 0.273 e. The molecule has 8 heteroatoms. The van der Waals surface area contributed by atoms with Crippen LogP contribution in [0.15, 0.2) is 83.7 Å². The molecule has 0 atom stereocenters. The topological polar surface area (TPSA) is 97.0 Å². The number of carbonyl (C=O) groups excluding carboxylic acids is 1. The van der Waals surface area contributed by atoms with Crippen molar-refractivity contribution in [3.8, 4) is 17.1 Å². The quantitative estimate of drug-likeness (QED) is 0.309. The number of H-pyrrole nitrogens is 1. The molecule has 0 aliphatic heterocycles. The summed E-state index contributed by atoms with van der Waals surface area (Å²) in [5.41, 5.74) is 2.47. The number of amides is 1. The van der Waals surface area contributed by atoms with E-state index >= 15 is 0 Å². The molecule has 184 valence electrons. The molecule has 0 radical (unpaired) electrons. The fourth-order valence-corrected chi connectivity index (χ4v) is 3.64. The van der Waals surface area contributed by atoms with E-state index in [1.807, 2.05) is 18.2 Å². The maximum absolute atomic E-state index is 13.3. The van der Waals surface area contributed by atoms with Crippen LogP contribution < -0.4 is 15.6 Å². The highest BCUT2D eigenvalue weighted by Crippen LogP contribution is 2.19. The van der Waals surface area contributed by atoms with E-state index in [1.54, 1.807) is 36.4 Å². The summed E-state index contributed by atoms with van der Waals surface area (Å²) in [5, 5.41) is 11.0. The first-order chi connectivity index (χ1) is 17.6. The molecule has 0 saturated heterocycles. The number of benzene rings is 3. The Hall–Kier alpha value is -4.33. The number of carbonyl (C=O) groups is 1. The van der Waals surface area contributed by atoms with Crippen LogP contribution in [-0.2, 0) is 24.2 Å². The molecular formula is C28H27FN4O3. The summed E-state index contributed by atoms with van der Waals surface area (Å²) in [7, 11) is 0. The lowest BCUT2D eigenvalue weighted by atomic mass is 10.1. The largest absolute Gasteiger partial charge is 0.489 e. The Morgan fingerprint density at radius 1 is 0.917 bits per heavy atom. The molecule has 0 aliphatic rings. The monoisotopic (exact) mass is 486 g/mol. The van der Waals surface area contributed by atoms with Crippen molar-refractivity contribution in [1.82, 2.24) is 20.5 Å². The molecule has 0 unspecified atom stereocenters. The number of ether oxygens (including phenoxy) is 1. The standard InChI is InChI=1S/C28H27FN4O3/c29-23-10-4-8-21(18-23)19-36-24-13-11-22(12-14-24)27-31-28(35)25(32-33-27)15-16-26(34)30-17-5-9-20-6-2-1-3-7-20/h1-4,6-8,10-14,18H,5,9,15-17,19H2,(H,30,34)(H,31,33,35). The third kappa shape index (κ3) is 7.33. The van der Waals surface area contributed by atoms with Gasteiger partial charge in [-0.25, -0.2) is 4.39 Å². The summed E-state index contributed by atoms with van der Waals surface area (Å²) in [6.07, 6.45) is 2.12. The second-order valence-corrected chi connectivity index (χ2v) is 8.33. The lowest BCUT2D eigenvalue weighted by Gasteiger charge is -2.08. The predicted octanol–water partition coefficient (Wildman–Crippen LogP) is 4.23. The van der Waals surface area contributed by atoms with Crippen LogP contribution in [0.4, 0.5) is 4.39 Å². The number of nitrogens with zero attached hydrogens (tertiary/aromatic N) is 2. The van der Waals surface area contributed by atoms with Crippen LogP contribution in [0.1, 0.15) is 29.7 Å². The average molecular weight is 487 g/mol. The summed E-state index contributed by atoms with van der Waals surface area (Å²) < 4.78 is 19.0. The number of aromatic nitrogens is 3. The van der Waals surface area contributed by atoms with Crippen molar-refractivity contribution >= 4 is 5.91 Å². The summed E-state index contributed by atoms with van der Waals surface area (Å²) in [6, 6.07) is 23.3. The fraction of sp³-hybridized carbons (Fsp3) is 0.214. The van der Waals surface area contributed by atoms with E-state index < -0.39 is 0 Å². The minimum atomic E-state index is -0.372. The number of hydrogen-bond donors (Lipinski definition) is 2. The number of rotatable bonds is 11. The van der Waals surface area contributed by atoms with Crippen molar-refractivity contribution in [2.24, 2.45) is 0 Å². The van der Waals surface area contributed by atoms with Gasteiger partial charge in [0, 0.05) is 24.9 Å². The van der Waals surface area contributed by atoms with Crippen molar-refractivity contribution in [1.29, 1.82) is 0 Å². The molecular weight excluding hydrogens is 459 g/mol. The second-order valence-electron chi connectivity index (χ2n) is 8.33. The van der Waals surface area contributed by atoms with Gasteiger partial charge in [0.25, 0.3) is 5.56 Å². The summed E-state index contributed by atoms with van der Waals surface area (Å²) in [4.78, 5) is 27.3. The SMILES string of the molecule is O=C(CCc1nnc(-c2ccc(OCc3cccc(F)c3)cc2)[nH]c1=O)NCCCc1ccccc1. The van der Waals surface area contributed by atoms with E-state index in [9.17, 15) is 14.0 Å². The molecule has 1 amide bonds. The zero-order chi connectivity index (χ0) is 25.2. The molecule has 4 rings (SSSR count). The molecule has 1 aromatic heterocycles. The van der Waals surface area contributed by atoms with E-state index in [0.29, 0.717) is 23.7 Å². The van der Waals surface area contributed by atoms with Crippen LogP contribution in [0.25, 0.3) is 11.4 Å². The number of aromatic amines is 1. The van der Waals surface area contributed by atoms with Gasteiger partial charge in [-0.3, -0.25) is 9.59 Å². The first-order valence-electron chi connectivity index (χ1n) is 11.8. The molecule has 0 saturated carbocycles. The van der Waals surface area contributed by atoms with Gasteiger partial charge in [-0.15, -0.1) is 10.2 Å². The van der Waals surface area contributed by atoms with Gasteiger partial charge in [0.1, 0.15) is 23.9 Å². The second kappa shape index (κ2) is 12.4. The maximum atomic E-state index is 13.3. The van der Waals surface area contributed by atoms with Gasteiger partial charge < -0.3 is 15.0 Å². The summed E-state index contributed by atoms with van der Waals surface area (Å²) in [5.74, 6) is 0.495. The summed E-state index contributed by atoms with van der Waals surface area (Å²) >= 11 is 0. The van der Waals surface area contributed by atoms with Crippen molar-refractivity contribution in [3.63, 3.8) is 0 Å². The number of aryl methyl sites for hydroxylation is 2. The Kier molecular flexibility index (Phi) is 8.53. The minimum absolute atomic E-state index is 0.123. The zero-order valence-electron chi connectivity index (χ0n) is 19.7. The lowest BCUT2D eigenvalue weighted by molar-refractivity contribution is -0.121. The van der Waals surface area contributed by atoms with E-state index in [2.05, 4.69) is 32.6 Å². The van der Waals surface area contributed by atoms with Crippen LogP contribution >= 0.6 is 0 Å². The first kappa shape index (κ1) is 24.8. The van der Waals surface area contributed by atoms with Crippen molar-refractivity contribution in [2.75, 3.05) is 6.54 Å². The van der Waals surface area contributed by atoms with E-state index in [-0.39, 0.29) is 42.4 Å². The van der Waals surface area contributed by atoms with Gasteiger partial charge in [0.05, 0.1) is 0 Å². The van der Waals surface area contributed by atoms with Crippen molar-refractivity contribution in [2.45, 2.75) is 32.3 Å². The molecule has 4 aromatic rings. The Balaban J connectivity index is 1.24. The molecule has 0 fully saturated rings. The van der Waals surface area contributed by atoms with E-state index in [1.165, 1.54) is 17.7 Å². The Morgan fingerprint density at radius 2 is 1.69 bits per heavy atom. The highest BCUT2D eigenvalue weighted by Gasteiger charge is 2.10. The van der Waals surface area contributed by atoms with Crippen LogP contribution in [-0.4, -0.2) is 27.6 Å². The summed E-state index contributed by atoms with van der Waals surface area (Å²) in [6.45, 7) is 0.819. The van der Waals surface area contributed by atoms with E-state index in [0.717, 1.165) is 18.4 Å². The highest BCUT2D eigenvalue weighted by atomic mass is 19.1. The molecule has 2 N–H and O–H groups in total. The third-order valence-electron chi connectivity index (χ3n) is 5.58. The normalized spacial score (nSPS) is 10.7. The Labute approximate surface area is 208 Å². The van der Waals surface area contributed by atoms with Crippen LogP contribution in [0.5, 0.6) is 5.75 Å². The average Bonchev–Trinajstić information content (AvgIpc) is 2.90. The Bertz CT molecular complexity index is 1340. The number of nitrogens with one attached hydrogen (secondary N) is 2. The lowest BCUT2D eigenvalue weighted by Crippen LogP contribution is -2.26. The first-order valence-corrected chi connectivity index (χ1v) is 11.8. The molecule has 3 aromatic carbocycles. The molecule has 36 heavy (non-hydrogen) atoms. The number of hydrogen-bond acceptors (Lipinski definition) is 5. The van der Waals surface area contributed by atoms with Gasteiger partial charge in [-0.2, -0.15) is 0 Å². The molecule has 7 nitrogen and oxygen atoms in total. The Morgan fingerprint density at radius 3 is 2.44 bits per heavy atom. The van der Waals surface area contributed by atoms with Crippen molar-refractivity contribution < 1.29 is 13.9 Å². The fourth-order valence-electron chi connectivity index (χ4n) is 3.64. The molecule has 0 spiro atoms. The van der Waals surface area contributed by atoms with Gasteiger partial charge >= 0.3 is 0 Å². The molecule has 0 aliphatic carbocycles. The molecule has 0 bridgehead atoms. The van der Waals surface area contributed by atoms with E-state index in [4.69, 9.17) is 4.74 Å². The van der Waals surface area contributed by atoms with Crippen LogP contribution in [0, 0.1) is 5.82 Å². The van der Waals surface area contributed by atoms with Gasteiger partial charge in [0.2, 0.25) is 5.91 Å². The minimum Gasteiger partial charge on any atom is -0.489 e.